The highest BCUT2D eigenvalue weighted by molar-refractivity contribution is 6.12. The lowest BCUT2D eigenvalue weighted by molar-refractivity contribution is -0.157. The Bertz CT molecular complexity index is 7290. The first-order valence-corrected chi connectivity index (χ1v) is 31.0. The third kappa shape index (κ3) is 66.4. The average Bonchev–Trinajstić information content (AvgIpc) is 1.82. The number of ether oxygens (including phenoxy) is 1. The van der Waals surface area contributed by atoms with Crippen LogP contribution in [0, 0.1) is 516 Å². The van der Waals surface area contributed by atoms with Gasteiger partial charge in [0.1, 0.15) is 5.60 Å². The van der Waals surface area contributed by atoms with Gasteiger partial charge in [0.2, 0.25) is 5.91 Å². The van der Waals surface area contributed by atoms with E-state index in [4.69, 9.17) is 11.2 Å². The second-order valence-electron chi connectivity index (χ2n) is 18.4. The van der Waals surface area contributed by atoms with Gasteiger partial charge in [0.05, 0.1) is 12.3 Å². The molecule has 0 aliphatic carbocycles. The Morgan fingerprint density at radius 3 is 0.696 bits per heavy atom. The van der Waals surface area contributed by atoms with Gasteiger partial charge in [-0.15, -0.1) is 6.42 Å². The Morgan fingerprint density at radius 1 is 0.322 bits per heavy atom. The van der Waals surface area contributed by atoms with Gasteiger partial charge in [0.15, 0.2) is 0 Å². The predicted octanol–water partition coefficient (Wildman–Crippen LogP) is 2.40. The Kier molecular flexibility index (Phi) is 57.0. The topological polar surface area (TPSA) is 92.8 Å². The van der Waals surface area contributed by atoms with Gasteiger partial charge in [-0.25, -0.2) is 0 Å². The van der Waals surface area contributed by atoms with Crippen molar-refractivity contribution in [2.45, 2.75) is 46.1 Å². The first-order valence-electron chi connectivity index (χ1n) is 31.0. The van der Waals surface area contributed by atoms with E-state index in [1.54, 1.807) is 27.7 Å². The molecule has 7 nitrogen and oxygen atoms in total. The molecule has 1 aromatic rings. The first-order chi connectivity index (χ1) is 56.6. The van der Waals surface area contributed by atoms with E-state index in [-0.39, 0.29) is 25.4 Å². The van der Waals surface area contributed by atoms with Crippen LogP contribution in [0.25, 0.3) is 0 Å². The molecule has 1 aromatic carbocycles. The molecule has 0 radical (unpaired) electrons. The van der Waals surface area contributed by atoms with Crippen LogP contribution in [0.1, 0.15) is 39.7 Å². The van der Waals surface area contributed by atoms with Gasteiger partial charge in [0.25, 0.3) is 11.8 Å². The fourth-order valence-electron chi connectivity index (χ4n) is 5.46. The molecule has 0 unspecified atom stereocenters. The molecule has 2 rings (SSSR count). The Hall–Kier alpha value is -21.9. The zero-order valence-corrected chi connectivity index (χ0v) is 60.5. The van der Waals surface area contributed by atoms with Crippen LogP contribution in [0.15, 0.2) is 42.5 Å². The van der Waals surface area contributed by atoms with Crippen molar-refractivity contribution in [2.24, 2.45) is 5.92 Å². The number of nitrogens with zero attached hydrogens (tertiary/aromatic N) is 1. The van der Waals surface area contributed by atoms with E-state index in [1.807, 2.05) is 30.3 Å². The number of carbonyl (C=O) groups excluding carboxylic acids is 4. The first kappa shape index (κ1) is 91.1. The highest BCUT2D eigenvalue weighted by Crippen LogP contribution is 2.17. The van der Waals surface area contributed by atoms with Crippen molar-refractivity contribution >= 4 is 23.7 Å². The van der Waals surface area contributed by atoms with E-state index in [0.29, 0.717) is 6.42 Å². The summed E-state index contributed by atoms with van der Waals surface area (Å²) in [6.45, 7) is 7.21. The lowest BCUT2D eigenvalue weighted by Crippen LogP contribution is -2.41. The van der Waals surface area contributed by atoms with E-state index in [2.05, 4.69) is 509 Å². The molecule has 0 aromatic heterocycles. The fourth-order valence-corrected chi connectivity index (χ4v) is 5.46. The molecule has 1 atom stereocenters. The number of hydrogen-bond acceptors (Lipinski definition) is 5. The summed E-state index contributed by atoms with van der Waals surface area (Å²) in [7, 11) is 0. The zero-order valence-electron chi connectivity index (χ0n) is 60.5. The Morgan fingerprint density at radius 2 is 0.513 bits per heavy atom. The second kappa shape index (κ2) is 71.9. The third-order valence-electron chi connectivity index (χ3n) is 9.39. The van der Waals surface area contributed by atoms with Crippen molar-refractivity contribution in [2.75, 3.05) is 13.1 Å². The molecule has 1 heterocycles. The summed E-state index contributed by atoms with van der Waals surface area (Å²) < 4.78 is 5.35. The lowest BCUT2D eigenvalue weighted by Gasteiger charge is -2.22. The van der Waals surface area contributed by atoms with Crippen LogP contribution in [0.3, 0.4) is 0 Å². The van der Waals surface area contributed by atoms with Gasteiger partial charge in [-0.05, 0) is 134 Å². The Balaban J connectivity index is 0.00000196. The second-order valence-corrected chi connectivity index (χ2v) is 18.4. The van der Waals surface area contributed by atoms with E-state index in [0.717, 1.165) is 10.5 Å². The van der Waals surface area contributed by atoms with Crippen LogP contribution in [0.4, 0.5) is 0 Å². The molecule has 1 aliphatic rings. The number of amides is 3. The SMILES string of the molecule is C#CC#CC#CC#CC#CC#CC#CC#CC#CC#CC#CC#CC#CC#CC#CC#CC#CC#CC#CC#CC#CC#CC#CC#CC#CC#CC#CC#CC#CC#CC#CC#CC#CC#CC#CC#CC#CC#CC#CC#CC#CC#CC#CC.CC(C)(C)OC(=O)C[C@@H](Cc1ccccc1)C(=O)NCCN1C(=O)C=CC1=O. The van der Waals surface area contributed by atoms with E-state index in [1.165, 1.54) is 12.2 Å². The molecule has 502 valence electrons. The van der Waals surface area contributed by atoms with Gasteiger partial charge in [-0.2, -0.15) is 0 Å². The van der Waals surface area contributed by atoms with E-state index < -0.39 is 29.3 Å². The minimum Gasteiger partial charge on any atom is -0.460 e. The van der Waals surface area contributed by atoms with Crippen LogP contribution in [-0.2, 0) is 30.3 Å². The fraction of sp³-hybridized carbons (Fsp3) is 0.0926. The van der Waals surface area contributed by atoms with Crippen molar-refractivity contribution in [3.8, 4) is 510 Å². The lowest BCUT2D eigenvalue weighted by atomic mass is 9.95. The number of terminal acetylenes is 1. The minimum atomic E-state index is -0.631. The number of benzene rings is 1. The molecule has 7 heteroatoms. The summed E-state index contributed by atoms with van der Waals surface area (Å²) in [6, 6.07) is 9.40. The maximum Gasteiger partial charge on any atom is 0.307 e. The summed E-state index contributed by atoms with van der Waals surface area (Å²) in [5.74, 6) is 210. The number of carbonyl (C=O) groups is 4. The molecule has 1 N–H and O–H groups in total. The van der Waals surface area contributed by atoms with Crippen LogP contribution >= 0.6 is 0 Å². The number of imide groups is 1. The summed E-state index contributed by atoms with van der Waals surface area (Å²) in [5.41, 5.74) is 0.300. The number of rotatable bonds is 8. The van der Waals surface area contributed by atoms with Gasteiger partial charge in [-0.1, -0.05) is 36.3 Å². The van der Waals surface area contributed by atoms with Gasteiger partial charge < -0.3 is 10.1 Å². The van der Waals surface area contributed by atoms with Crippen LogP contribution < -0.4 is 5.32 Å². The van der Waals surface area contributed by atoms with Crippen molar-refractivity contribution in [3.05, 3.63) is 48.0 Å². The van der Waals surface area contributed by atoms with E-state index in [9.17, 15) is 19.2 Å². The predicted molar refractivity (Wildman–Crippen MR) is 444 cm³/mol. The molecule has 3 amide bonds. The van der Waals surface area contributed by atoms with Crippen molar-refractivity contribution in [1.29, 1.82) is 0 Å². The molecule has 0 bridgehead atoms. The van der Waals surface area contributed by atoms with Gasteiger partial charge >= 0.3 is 5.97 Å². The highest BCUT2D eigenvalue weighted by Gasteiger charge is 2.27. The standard InChI is InChI=1S/C87H4.C21H26N2O5/c1-3-5-7-9-11-13-15-17-19-21-23-25-27-29-31-33-35-37-39-41-43-45-47-49-51-53-55-57-59-61-63-65-67-69-71-73-75-77-79-81-83-85-87-86-84-82-80-78-76-74-72-70-68-66-64-62-60-58-56-54-52-50-48-46-44-42-40-38-36-34-32-30-28-26-24-22-20-18-16-14-12-10-8-6-4-2;1-21(2,3)28-19(26)14-16(13-15-7-5-4-6-8-15)20(27)22-11-12-23-17(24)9-10-18(23)25/h1H,2H3;4-10,16H,11-14H2,1-3H3,(H,22,27)/t;16-/m.1/s1. The normalized spacial score (nSPS) is 6.62. The molecule has 1 aliphatic heterocycles. The summed E-state index contributed by atoms with van der Waals surface area (Å²) >= 11 is 0. The summed E-state index contributed by atoms with van der Waals surface area (Å²) in [5, 5.41) is 2.72. The van der Waals surface area contributed by atoms with Gasteiger partial charge in [0, 0.05) is 428 Å². The summed E-state index contributed by atoms with van der Waals surface area (Å²) in [4.78, 5) is 49.1. The number of nitrogens with one attached hydrogen (secondary N) is 1. The quantitative estimate of drug-likeness (QED) is 0.246. The molecule has 0 spiro atoms. The average molecular weight is 1440 g/mol. The molecular formula is C108H30N2O5. The van der Waals surface area contributed by atoms with Crippen LogP contribution in [0.2, 0.25) is 0 Å². The van der Waals surface area contributed by atoms with Gasteiger partial charge in [-0.3, -0.25) is 24.1 Å². The van der Waals surface area contributed by atoms with Crippen LogP contribution in [-0.4, -0.2) is 47.3 Å². The van der Waals surface area contributed by atoms with Crippen molar-refractivity contribution in [3.63, 3.8) is 0 Å². The number of hydrogen-bond donors (Lipinski definition) is 1. The van der Waals surface area contributed by atoms with Crippen LogP contribution in [0.5, 0.6) is 0 Å². The smallest absolute Gasteiger partial charge is 0.307 e. The molecule has 0 fully saturated rings. The van der Waals surface area contributed by atoms with Crippen molar-refractivity contribution in [1.82, 2.24) is 10.2 Å². The zero-order chi connectivity index (χ0) is 82.8. The van der Waals surface area contributed by atoms with E-state index >= 15 is 0 Å². The largest absolute Gasteiger partial charge is 0.460 e. The molecule has 115 heavy (non-hydrogen) atoms. The maximum absolute atomic E-state index is 12.7. The molecule has 0 saturated heterocycles. The molecule has 0 saturated carbocycles. The minimum absolute atomic E-state index is 0.0544. The monoisotopic (exact) mass is 1430 g/mol. The number of esters is 1. The summed E-state index contributed by atoms with van der Waals surface area (Å²) in [6.07, 6.45) is 7.68. The molecular weight excluding hydrogens is 1410 g/mol. The van der Waals surface area contributed by atoms with Crippen molar-refractivity contribution < 1.29 is 23.9 Å². The highest BCUT2D eigenvalue weighted by atomic mass is 16.6. The maximum atomic E-state index is 12.7. The Labute approximate surface area is 676 Å². The third-order valence-corrected chi connectivity index (χ3v) is 9.39.